The van der Waals surface area contributed by atoms with Gasteiger partial charge in [0.15, 0.2) is 11.5 Å². The average Bonchev–Trinajstić information content (AvgIpc) is 2.89. The zero-order chi connectivity index (χ0) is 27.5. The zero-order valence-electron chi connectivity index (χ0n) is 20.8. The van der Waals surface area contributed by atoms with Crippen LogP contribution >= 0.6 is 0 Å². The maximum Gasteiger partial charge on any atom is 0.328 e. The van der Waals surface area contributed by atoms with Gasteiger partial charge in [-0.15, -0.1) is 0 Å². The standard InChI is InChI=1S/C25H29FN2O9/c1-34-19-12-15(13-20(35-2)22(19)36-3)23(31)27-17(9-10-21(29)30)24(32)28-18(25(33)37-4)11-14-5-7-16(26)8-6-14/h5-8,12-13,17-18H,9-11H2,1-4H3,(H,27,31)(H,28,32)(H,29,30)/t17-,18+/m1/s1. The molecule has 0 saturated heterocycles. The van der Waals surface area contributed by atoms with Crippen molar-refractivity contribution >= 4 is 23.8 Å². The summed E-state index contributed by atoms with van der Waals surface area (Å²) in [5, 5.41) is 14.1. The van der Waals surface area contributed by atoms with Gasteiger partial charge in [0.2, 0.25) is 11.7 Å². The highest BCUT2D eigenvalue weighted by molar-refractivity contribution is 5.99. The Labute approximate surface area is 212 Å². The molecule has 11 nitrogen and oxygen atoms in total. The normalized spacial score (nSPS) is 12.0. The number of halogens is 1. The zero-order valence-corrected chi connectivity index (χ0v) is 20.8. The molecule has 37 heavy (non-hydrogen) atoms. The van der Waals surface area contributed by atoms with E-state index in [0.717, 1.165) is 7.11 Å². The number of amides is 2. The Bertz CT molecular complexity index is 1100. The summed E-state index contributed by atoms with van der Waals surface area (Å²) in [7, 11) is 5.28. The first-order valence-corrected chi connectivity index (χ1v) is 11.1. The second kappa shape index (κ2) is 13.7. The van der Waals surface area contributed by atoms with Gasteiger partial charge in [-0.3, -0.25) is 14.4 Å². The monoisotopic (exact) mass is 520 g/mol. The van der Waals surface area contributed by atoms with E-state index in [2.05, 4.69) is 10.6 Å². The van der Waals surface area contributed by atoms with E-state index in [1.54, 1.807) is 0 Å². The molecule has 0 heterocycles. The Morgan fingerprint density at radius 1 is 0.892 bits per heavy atom. The first kappa shape index (κ1) is 28.9. The van der Waals surface area contributed by atoms with Crippen molar-refractivity contribution in [3.63, 3.8) is 0 Å². The molecule has 0 saturated carbocycles. The SMILES string of the molecule is COC(=O)[C@H](Cc1ccc(F)cc1)NC(=O)[C@@H](CCC(=O)O)NC(=O)c1cc(OC)c(OC)c(OC)c1. The molecule has 200 valence electrons. The quantitative estimate of drug-likeness (QED) is 0.336. The molecular weight excluding hydrogens is 491 g/mol. The fourth-order valence-electron chi connectivity index (χ4n) is 3.45. The van der Waals surface area contributed by atoms with Crippen molar-refractivity contribution in [2.45, 2.75) is 31.3 Å². The second-order valence-corrected chi connectivity index (χ2v) is 7.79. The molecule has 0 aromatic heterocycles. The predicted octanol–water partition coefficient (Wildman–Crippen LogP) is 1.72. The van der Waals surface area contributed by atoms with Crippen molar-refractivity contribution in [2.24, 2.45) is 0 Å². The Morgan fingerprint density at radius 3 is 1.97 bits per heavy atom. The van der Waals surface area contributed by atoms with E-state index in [1.165, 1.54) is 57.7 Å². The van der Waals surface area contributed by atoms with E-state index >= 15 is 0 Å². The van der Waals surface area contributed by atoms with E-state index in [-0.39, 0.29) is 35.7 Å². The van der Waals surface area contributed by atoms with Crippen molar-refractivity contribution < 1.29 is 47.6 Å². The van der Waals surface area contributed by atoms with E-state index < -0.39 is 48.1 Å². The molecule has 2 atom stereocenters. The first-order valence-electron chi connectivity index (χ1n) is 11.1. The molecule has 0 aliphatic carbocycles. The minimum atomic E-state index is -1.32. The third-order valence-corrected chi connectivity index (χ3v) is 5.35. The molecule has 3 N–H and O–H groups in total. The van der Waals surface area contributed by atoms with E-state index in [1.807, 2.05) is 0 Å². The molecule has 12 heteroatoms. The molecule has 0 unspecified atom stereocenters. The van der Waals surface area contributed by atoms with E-state index in [4.69, 9.17) is 24.1 Å². The summed E-state index contributed by atoms with van der Waals surface area (Å²) in [6.45, 7) is 0. The van der Waals surface area contributed by atoms with Crippen LogP contribution in [-0.4, -0.2) is 69.4 Å². The number of methoxy groups -OCH3 is 4. The number of esters is 1. The van der Waals surface area contributed by atoms with Crippen LogP contribution in [0, 0.1) is 5.82 Å². The highest BCUT2D eigenvalue weighted by Gasteiger charge is 2.29. The lowest BCUT2D eigenvalue weighted by atomic mass is 10.0. The second-order valence-electron chi connectivity index (χ2n) is 7.79. The van der Waals surface area contributed by atoms with Crippen LogP contribution in [0.15, 0.2) is 36.4 Å². The number of aliphatic carboxylic acids is 1. The summed E-state index contributed by atoms with van der Waals surface area (Å²) in [5.41, 5.74) is 0.596. The summed E-state index contributed by atoms with van der Waals surface area (Å²) >= 11 is 0. The Balaban J connectivity index is 2.28. The van der Waals surface area contributed by atoms with Crippen LogP contribution in [-0.2, 0) is 25.5 Å². The van der Waals surface area contributed by atoms with Crippen LogP contribution in [0.5, 0.6) is 17.2 Å². The number of nitrogens with one attached hydrogen (secondary N) is 2. The van der Waals surface area contributed by atoms with Crippen molar-refractivity contribution in [1.82, 2.24) is 10.6 Å². The van der Waals surface area contributed by atoms with Gasteiger partial charge in [0.05, 0.1) is 28.4 Å². The van der Waals surface area contributed by atoms with Crippen molar-refractivity contribution in [3.05, 3.63) is 53.3 Å². The maximum absolute atomic E-state index is 13.2. The summed E-state index contributed by atoms with van der Waals surface area (Å²) < 4.78 is 33.7. The van der Waals surface area contributed by atoms with Crippen molar-refractivity contribution in [1.29, 1.82) is 0 Å². The minimum Gasteiger partial charge on any atom is -0.493 e. The van der Waals surface area contributed by atoms with Crippen LogP contribution in [0.4, 0.5) is 4.39 Å². The first-order chi connectivity index (χ1) is 17.6. The smallest absolute Gasteiger partial charge is 0.328 e. The Hall–Kier alpha value is -4.35. The number of ether oxygens (including phenoxy) is 4. The number of rotatable bonds is 13. The fraction of sp³-hybridized carbons (Fsp3) is 0.360. The summed E-state index contributed by atoms with van der Waals surface area (Å²) in [5.74, 6) is -3.31. The molecule has 2 rings (SSSR count). The van der Waals surface area contributed by atoms with Gasteiger partial charge >= 0.3 is 11.9 Å². The molecule has 0 aliphatic heterocycles. The number of carboxylic acid groups (broad SMARTS) is 1. The molecule has 0 aliphatic rings. The summed E-state index contributed by atoms with van der Waals surface area (Å²) in [6.07, 6.45) is -0.721. The van der Waals surface area contributed by atoms with Crippen LogP contribution in [0.1, 0.15) is 28.8 Å². The average molecular weight is 521 g/mol. The van der Waals surface area contributed by atoms with Gasteiger partial charge in [0.1, 0.15) is 17.9 Å². The van der Waals surface area contributed by atoms with Gasteiger partial charge in [0.25, 0.3) is 5.91 Å². The van der Waals surface area contributed by atoms with Gasteiger partial charge in [0, 0.05) is 18.4 Å². The predicted molar refractivity (Wildman–Crippen MR) is 128 cm³/mol. The molecule has 0 radical (unpaired) electrons. The third-order valence-electron chi connectivity index (χ3n) is 5.35. The fourth-order valence-corrected chi connectivity index (χ4v) is 3.45. The van der Waals surface area contributed by atoms with Gasteiger partial charge in [-0.25, -0.2) is 9.18 Å². The lowest BCUT2D eigenvalue weighted by Crippen LogP contribution is -2.52. The lowest BCUT2D eigenvalue weighted by molar-refractivity contribution is -0.145. The number of hydrogen-bond acceptors (Lipinski definition) is 8. The van der Waals surface area contributed by atoms with Crippen molar-refractivity contribution in [3.8, 4) is 17.2 Å². The van der Waals surface area contributed by atoms with Crippen LogP contribution in [0.2, 0.25) is 0 Å². The lowest BCUT2D eigenvalue weighted by Gasteiger charge is -2.22. The summed E-state index contributed by atoms with van der Waals surface area (Å²) in [4.78, 5) is 49.6. The highest BCUT2D eigenvalue weighted by atomic mass is 19.1. The van der Waals surface area contributed by atoms with Gasteiger partial charge < -0.3 is 34.7 Å². The van der Waals surface area contributed by atoms with Gasteiger partial charge in [-0.1, -0.05) is 12.1 Å². The molecule has 2 aromatic rings. The van der Waals surface area contributed by atoms with Gasteiger partial charge in [-0.05, 0) is 36.2 Å². The molecule has 0 spiro atoms. The molecule has 2 amide bonds. The highest BCUT2D eigenvalue weighted by Crippen LogP contribution is 2.38. The van der Waals surface area contributed by atoms with E-state index in [9.17, 15) is 23.6 Å². The number of carbonyl (C=O) groups excluding carboxylic acids is 3. The number of hydrogen-bond donors (Lipinski definition) is 3. The Morgan fingerprint density at radius 2 is 1.49 bits per heavy atom. The molecule has 0 fully saturated rings. The number of benzene rings is 2. The topological polar surface area (TPSA) is 149 Å². The summed E-state index contributed by atoms with van der Waals surface area (Å²) in [6, 6.07) is 5.56. The number of carboxylic acids is 1. The van der Waals surface area contributed by atoms with Crippen LogP contribution < -0.4 is 24.8 Å². The van der Waals surface area contributed by atoms with Gasteiger partial charge in [-0.2, -0.15) is 0 Å². The minimum absolute atomic E-state index is 0.0227. The largest absolute Gasteiger partial charge is 0.493 e. The molecule has 2 aromatic carbocycles. The molecule has 0 bridgehead atoms. The van der Waals surface area contributed by atoms with Crippen molar-refractivity contribution in [2.75, 3.05) is 28.4 Å². The number of carbonyl (C=O) groups is 4. The van der Waals surface area contributed by atoms with Crippen LogP contribution in [0.3, 0.4) is 0 Å². The Kier molecular flexibility index (Phi) is 10.7. The maximum atomic E-state index is 13.2. The van der Waals surface area contributed by atoms with E-state index in [0.29, 0.717) is 5.56 Å². The van der Waals surface area contributed by atoms with Crippen LogP contribution in [0.25, 0.3) is 0 Å². The molecular formula is C25H29FN2O9. The third kappa shape index (κ3) is 8.09.